The van der Waals surface area contributed by atoms with E-state index < -0.39 is 0 Å². The molecule has 2 heteroatoms. The highest BCUT2D eigenvalue weighted by atomic mass is 15.0. The molecular formula is C12H26N2. The quantitative estimate of drug-likeness (QED) is 0.711. The molecule has 2 nitrogen and oxygen atoms in total. The number of hydrogen-bond donors (Lipinski definition) is 2. The van der Waals surface area contributed by atoms with E-state index in [2.05, 4.69) is 33.0 Å². The van der Waals surface area contributed by atoms with E-state index in [1.165, 1.54) is 12.8 Å². The molecule has 0 aromatic rings. The van der Waals surface area contributed by atoms with Crippen molar-refractivity contribution in [1.29, 1.82) is 0 Å². The summed E-state index contributed by atoms with van der Waals surface area (Å²) < 4.78 is 0. The lowest BCUT2D eigenvalue weighted by Crippen LogP contribution is -2.34. The molecule has 14 heavy (non-hydrogen) atoms. The summed E-state index contributed by atoms with van der Waals surface area (Å²) in [5, 5.41) is 3.57. The van der Waals surface area contributed by atoms with Crippen molar-refractivity contribution >= 4 is 0 Å². The molecule has 0 spiro atoms. The first kappa shape index (κ1) is 12.0. The van der Waals surface area contributed by atoms with Gasteiger partial charge < -0.3 is 11.1 Å². The molecular weight excluding hydrogens is 172 g/mol. The Bertz CT molecular complexity index is 177. The van der Waals surface area contributed by atoms with Crippen LogP contribution in [-0.4, -0.2) is 18.1 Å². The molecule has 0 radical (unpaired) electrons. The minimum Gasteiger partial charge on any atom is -0.328 e. The average molecular weight is 198 g/mol. The van der Waals surface area contributed by atoms with Gasteiger partial charge in [-0.3, -0.25) is 0 Å². The molecule has 1 aliphatic rings. The van der Waals surface area contributed by atoms with Gasteiger partial charge in [0.2, 0.25) is 0 Å². The van der Waals surface area contributed by atoms with Crippen LogP contribution in [0.2, 0.25) is 0 Å². The third kappa shape index (κ3) is 4.97. The molecule has 0 bridgehead atoms. The van der Waals surface area contributed by atoms with E-state index in [-0.39, 0.29) is 0 Å². The van der Waals surface area contributed by atoms with Gasteiger partial charge in [0.1, 0.15) is 0 Å². The zero-order valence-electron chi connectivity index (χ0n) is 10.2. The minimum atomic E-state index is 0.352. The Hall–Kier alpha value is -0.0800. The number of hydrogen-bond acceptors (Lipinski definition) is 2. The van der Waals surface area contributed by atoms with Gasteiger partial charge in [0, 0.05) is 11.6 Å². The first-order valence-corrected chi connectivity index (χ1v) is 5.81. The van der Waals surface area contributed by atoms with Gasteiger partial charge in [0.05, 0.1) is 0 Å². The first-order valence-electron chi connectivity index (χ1n) is 5.81. The van der Waals surface area contributed by atoms with E-state index in [1.807, 2.05) is 0 Å². The zero-order valence-corrected chi connectivity index (χ0v) is 10.2. The fourth-order valence-corrected chi connectivity index (χ4v) is 1.81. The Morgan fingerprint density at radius 3 is 2.36 bits per heavy atom. The van der Waals surface area contributed by atoms with Gasteiger partial charge >= 0.3 is 0 Å². The van der Waals surface area contributed by atoms with Crippen LogP contribution >= 0.6 is 0 Å². The van der Waals surface area contributed by atoms with Crippen LogP contribution in [0, 0.1) is 5.41 Å². The van der Waals surface area contributed by atoms with Crippen LogP contribution in [0.15, 0.2) is 0 Å². The van der Waals surface area contributed by atoms with Crippen molar-refractivity contribution in [2.75, 3.05) is 6.54 Å². The third-order valence-corrected chi connectivity index (χ3v) is 2.94. The van der Waals surface area contributed by atoms with Crippen molar-refractivity contribution in [3.63, 3.8) is 0 Å². The Morgan fingerprint density at radius 2 is 1.93 bits per heavy atom. The van der Waals surface area contributed by atoms with Crippen molar-refractivity contribution in [3.05, 3.63) is 0 Å². The number of nitrogens with one attached hydrogen (secondary N) is 1. The minimum absolute atomic E-state index is 0.352. The van der Waals surface area contributed by atoms with E-state index in [1.54, 1.807) is 0 Å². The molecule has 1 atom stereocenters. The molecule has 0 aromatic carbocycles. The largest absolute Gasteiger partial charge is 0.328 e. The molecule has 0 amide bonds. The molecule has 1 rings (SSSR count). The van der Waals surface area contributed by atoms with Gasteiger partial charge in [-0.15, -0.1) is 0 Å². The Labute approximate surface area is 88.6 Å². The van der Waals surface area contributed by atoms with Crippen LogP contribution in [0.3, 0.4) is 0 Å². The second-order valence-electron chi connectivity index (χ2n) is 6.30. The summed E-state index contributed by atoms with van der Waals surface area (Å²) in [5.41, 5.74) is 6.89. The number of nitrogens with two attached hydrogens (primary N) is 1. The second-order valence-corrected chi connectivity index (χ2v) is 6.30. The normalized spacial score (nSPS) is 22.1. The molecule has 1 saturated carbocycles. The van der Waals surface area contributed by atoms with E-state index >= 15 is 0 Å². The van der Waals surface area contributed by atoms with Crippen molar-refractivity contribution < 1.29 is 0 Å². The van der Waals surface area contributed by atoms with Crippen molar-refractivity contribution in [2.45, 2.75) is 65.0 Å². The van der Waals surface area contributed by atoms with Gasteiger partial charge in [0.25, 0.3) is 0 Å². The summed E-state index contributed by atoms with van der Waals surface area (Å²) in [6, 6.07) is 0.352. The molecule has 84 valence electrons. The smallest absolute Gasteiger partial charge is 0.0154 e. The zero-order chi connectivity index (χ0) is 10.8. The first-order chi connectivity index (χ1) is 6.31. The highest BCUT2D eigenvalue weighted by Crippen LogP contribution is 2.34. The molecule has 0 saturated heterocycles. The van der Waals surface area contributed by atoms with Gasteiger partial charge in [-0.25, -0.2) is 0 Å². The van der Waals surface area contributed by atoms with Gasteiger partial charge in [-0.1, -0.05) is 20.8 Å². The fraction of sp³-hybridized carbons (Fsp3) is 1.00. The van der Waals surface area contributed by atoms with Crippen LogP contribution in [0.5, 0.6) is 0 Å². The SMILES string of the molecule is CC(C)(C)CC(N)CCNC1(C)CC1. The Balaban J connectivity index is 2.06. The maximum absolute atomic E-state index is 6.07. The molecule has 1 fully saturated rings. The maximum Gasteiger partial charge on any atom is 0.0154 e. The van der Waals surface area contributed by atoms with Gasteiger partial charge in [-0.05, 0) is 44.6 Å². The predicted molar refractivity (Wildman–Crippen MR) is 62.3 cm³/mol. The highest BCUT2D eigenvalue weighted by molar-refractivity contribution is 4.97. The van der Waals surface area contributed by atoms with Crippen molar-refractivity contribution in [2.24, 2.45) is 11.1 Å². The summed E-state index contributed by atoms with van der Waals surface area (Å²) in [7, 11) is 0. The van der Waals surface area contributed by atoms with E-state index in [9.17, 15) is 0 Å². The van der Waals surface area contributed by atoms with Crippen LogP contribution in [0.4, 0.5) is 0 Å². The fourth-order valence-electron chi connectivity index (χ4n) is 1.81. The predicted octanol–water partition coefficient (Wildman–Crippen LogP) is 2.28. The second kappa shape index (κ2) is 4.19. The van der Waals surface area contributed by atoms with E-state index in [4.69, 9.17) is 5.73 Å². The molecule has 1 aliphatic carbocycles. The summed E-state index contributed by atoms with van der Waals surface area (Å²) in [4.78, 5) is 0. The van der Waals surface area contributed by atoms with Crippen LogP contribution in [-0.2, 0) is 0 Å². The van der Waals surface area contributed by atoms with Crippen molar-refractivity contribution in [1.82, 2.24) is 5.32 Å². The summed E-state index contributed by atoms with van der Waals surface area (Å²) in [6.07, 6.45) is 4.89. The standard InChI is InChI=1S/C12H26N2/c1-11(2,3)9-10(13)5-8-14-12(4)6-7-12/h10,14H,5-9,13H2,1-4H3. The lowest BCUT2D eigenvalue weighted by Gasteiger charge is -2.23. The third-order valence-electron chi connectivity index (χ3n) is 2.94. The number of rotatable bonds is 5. The van der Waals surface area contributed by atoms with Crippen molar-refractivity contribution in [3.8, 4) is 0 Å². The topological polar surface area (TPSA) is 38.0 Å². The maximum atomic E-state index is 6.07. The molecule has 0 aliphatic heterocycles. The summed E-state index contributed by atoms with van der Waals surface area (Å²) in [5.74, 6) is 0. The summed E-state index contributed by atoms with van der Waals surface area (Å²) >= 11 is 0. The van der Waals surface area contributed by atoms with E-state index in [0.29, 0.717) is 17.0 Å². The van der Waals surface area contributed by atoms with Gasteiger partial charge in [-0.2, -0.15) is 0 Å². The molecule has 3 N–H and O–H groups in total. The van der Waals surface area contributed by atoms with Crippen LogP contribution in [0.1, 0.15) is 53.4 Å². The lowest BCUT2D eigenvalue weighted by molar-refractivity contribution is 0.326. The highest BCUT2D eigenvalue weighted by Gasteiger charge is 2.36. The lowest BCUT2D eigenvalue weighted by atomic mass is 9.87. The van der Waals surface area contributed by atoms with Crippen LogP contribution < -0.4 is 11.1 Å². The van der Waals surface area contributed by atoms with Crippen LogP contribution in [0.25, 0.3) is 0 Å². The van der Waals surface area contributed by atoms with E-state index in [0.717, 1.165) is 19.4 Å². The molecule has 0 aromatic heterocycles. The summed E-state index contributed by atoms with van der Waals surface area (Å²) in [6.45, 7) is 10.1. The Morgan fingerprint density at radius 1 is 1.36 bits per heavy atom. The molecule has 0 heterocycles. The molecule has 1 unspecified atom stereocenters. The monoisotopic (exact) mass is 198 g/mol. The average Bonchev–Trinajstić information content (AvgIpc) is 2.64. The Kier molecular flexibility index (Phi) is 3.59. The van der Waals surface area contributed by atoms with Gasteiger partial charge in [0.15, 0.2) is 0 Å².